The summed E-state index contributed by atoms with van der Waals surface area (Å²) in [6, 6.07) is 19.7. The number of ether oxygens (including phenoxy) is 1. The minimum absolute atomic E-state index is 0.121. The van der Waals surface area contributed by atoms with Gasteiger partial charge in [0.1, 0.15) is 5.75 Å². The smallest absolute Gasteiger partial charge is 0.322 e. The summed E-state index contributed by atoms with van der Waals surface area (Å²) in [5, 5.41) is 3.02. The number of benzene rings is 2. The van der Waals surface area contributed by atoms with Gasteiger partial charge in [-0.3, -0.25) is 0 Å². The zero-order valence-electron chi connectivity index (χ0n) is 15.6. The van der Waals surface area contributed by atoms with E-state index in [0.717, 1.165) is 17.8 Å². The van der Waals surface area contributed by atoms with Crippen molar-refractivity contribution in [1.29, 1.82) is 0 Å². The van der Waals surface area contributed by atoms with Crippen LogP contribution in [0, 0.1) is 6.92 Å². The molecule has 0 bridgehead atoms. The number of rotatable bonds is 3. The number of anilines is 1. The van der Waals surface area contributed by atoms with Gasteiger partial charge in [-0.2, -0.15) is 0 Å². The van der Waals surface area contributed by atoms with Crippen molar-refractivity contribution in [2.24, 2.45) is 0 Å². The predicted molar refractivity (Wildman–Crippen MR) is 106 cm³/mol. The first-order chi connectivity index (χ1) is 13.2. The molecule has 1 aliphatic rings. The van der Waals surface area contributed by atoms with E-state index in [9.17, 15) is 4.79 Å². The Labute approximate surface area is 159 Å². The minimum atomic E-state index is -0.127. The Hall–Kier alpha value is -3.21. The third-order valence-corrected chi connectivity index (χ3v) is 5.04. The molecule has 0 radical (unpaired) electrons. The van der Waals surface area contributed by atoms with Crippen LogP contribution in [0.15, 0.2) is 66.9 Å². The zero-order chi connectivity index (χ0) is 18.8. The van der Waals surface area contributed by atoms with E-state index in [2.05, 4.69) is 53.3 Å². The number of fused-ring (bicyclic) bond motifs is 1. The molecule has 2 aromatic carbocycles. The number of nitrogens with zero attached hydrogens (tertiary/aromatic N) is 2. The Balaban J connectivity index is 1.68. The van der Waals surface area contributed by atoms with Crippen LogP contribution in [-0.4, -0.2) is 29.2 Å². The number of carbonyl (C=O) groups excluding carboxylic acids is 1. The maximum Gasteiger partial charge on any atom is 0.322 e. The summed E-state index contributed by atoms with van der Waals surface area (Å²) in [7, 11) is 1.61. The third-order valence-electron chi connectivity index (χ3n) is 5.04. The molecule has 0 aliphatic carbocycles. The topological polar surface area (TPSA) is 46.5 Å². The summed E-state index contributed by atoms with van der Waals surface area (Å²) < 4.78 is 7.58. The summed E-state index contributed by atoms with van der Waals surface area (Å²) in [4.78, 5) is 15.1. The molecule has 138 valence electrons. The molecular formula is C22H23N3O2. The van der Waals surface area contributed by atoms with Crippen molar-refractivity contribution in [3.05, 3.63) is 83.7 Å². The first kappa shape index (κ1) is 17.2. The highest BCUT2D eigenvalue weighted by atomic mass is 16.5. The summed E-state index contributed by atoms with van der Waals surface area (Å²) in [6.07, 6.45) is 2.08. The van der Waals surface area contributed by atoms with Gasteiger partial charge in [-0.05, 0) is 36.8 Å². The molecule has 1 aromatic heterocycles. The first-order valence-corrected chi connectivity index (χ1v) is 9.09. The lowest BCUT2D eigenvalue weighted by atomic mass is 9.99. The standard InChI is InChI=1S/C22H23N3O2/c1-16-9-11-17(12-10-16)21-19-7-5-13-24(19)14-15-25(21)22(26)23-18-6-3-4-8-20(18)27-2/h3-13,21H,14-15H2,1-2H3,(H,23,26)/t21-/m0/s1. The fraction of sp³-hybridized carbons (Fsp3) is 0.227. The molecule has 27 heavy (non-hydrogen) atoms. The number of methoxy groups -OCH3 is 1. The molecule has 5 heteroatoms. The number of para-hydroxylation sites is 2. The predicted octanol–water partition coefficient (Wildman–Crippen LogP) is 4.44. The summed E-state index contributed by atoms with van der Waals surface area (Å²) >= 11 is 0. The second kappa shape index (κ2) is 7.19. The van der Waals surface area contributed by atoms with E-state index in [0.29, 0.717) is 18.0 Å². The number of urea groups is 1. The number of hydrogen-bond donors (Lipinski definition) is 1. The number of hydrogen-bond acceptors (Lipinski definition) is 2. The normalized spacial score (nSPS) is 15.9. The van der Waals surface area contributed by atoms with Crippen molar-refractivity contribution < 1.29 is 9.53 Å². The van der Waals surface area contributed by atoms with Crippen molar-refractivity contribution in [3.8, 4) is 5.75 Å². The van der Waals surface area contributed by atoms with Gasteiger partial charge in [0.15, 0.2) is 0 Å². The Bertz CT molecular complexity index is 946. The van der Waals surface area contributed by atoms with Gasteiger partial charge >= 0.3 is 6.03 Å². The Morgan fingerprint density at radius 2 is 1.81 bits per heavy atom. The Morgan fingerprint density at radius 3 is 2.59 bits per heavy atom. The molecule has 0 saturated carbocycles. The molecule has 2 heterocycles. The number of amides is 2. The molecule has 0 unspecified atom stereocenters. The van der Waals surface area contributed by atoms with Crippen molar-refractivity contribution in [3.63, 3.8) is 0 Å². The molecule has 5 nitrogen and oxygen atoms in total. The van der Waals surface area contributed by atoms with Gasteiger partial charge in [0.2, 0.25) is 0 Å². The molecule has 1 N–H and O–H groups in total. The molecule has 0 spiro atoms. The Kier molecular flexibility index (Phi) is 4.59. The van der Waals surface area contributed by atoms with Crippen LogP contribution in [0.5, 0.6) is 5.75 Å². The van der Waals surface area contributed by atoms with Crippen LogP contribution >= 0.6 is 0 Å². The highest BCUT2D eigenvalue weighted by Gasteiger charge is 2.32. The first-order valence-electron chi connectivity index (χ1n) is 9.09. The van der Waals surface area contributed by atoms with E-state index < -0.39 is 0 Å². The van der Waals surface area contributed by atoms with Gasteiger partial charge in [-0.25, -0.2) is 4.79 Å². The number of nitrogens with one attached hydrogen (secondary N) is 1. The van der Waals surface area contributed by atoms with Gasteiger partial charge < -0.3 is 19.5 Å². The van der Waals surface area contributed by atoms with Crippen molar-refractivity contribution in [2.45, 2.75) is 19.5 Å². The molecule has 1 aliphatic heterocycles. The van der Waals surface area contributed by atoms with Crippen LogP contribution in [0.2, 0.25) is 0 Å². The fourth-order valence-electron chi connectivity index (χ4n) is 3.64. The molecule has 3 aromatic rings. The van der Waals surface area contributed by atoms with Gasteiger partial charge in [0, 0.05) is 25.0 Å². The molecule has 2 amide bonds. The zero-order valence-corrected chi connectivity index (χ0v) is 15.6. The van der Waals surface area contributed by atoms with Crippen molar-refractivity contribution in [1.82, 2.24) is 9.47 Å². The highest BCUT2D eigenvalue weighted by Crippen LogP contribution is 2.33. The van der Waals surface area contributed by atoms with Crippen LogP contribution in [0.4, 0.5) is 10.5 Å². The molecule has 0 saturated heterocycles. The number of aromatic nitrogens is 1. The lowest BCUT2D eigenvalue weighted by molar-refractivity contribution is 0.181. The van der Waals surface area contributed by atoms with Crippen molar-refractivity contribution in [2.75, 3.05) is 19.0 Å². The van der Waals surface area contributed by atoms with Gasteiger partial charge in [0.25, 0.3) is 0 Å². The lowest BCUT2D eigenvalue weighted by Gasteiger charge is -2.37. The monoisotopic (exact) mass is 361 g/mol. The van der Waals surface area contributed by atoms with Gasteiger partial charge in [0.05, 0.1) is 18.8 Å². The Morgan fingerprint density at radius 1 is 1.04 bits per heavy atom. The van der Waals surface area contributed by atoms with Crippen LogP contribution in [0.1, 0.15) is 22.9 Å². The summed E-state index contributed by atoms with van der Waals surface area (Å²) in [5.41, 5.74) is 4.11. The van der Waals surface area contributed by atoms with Crippen LogP contribution in [-0.2, 0) is 6.54 Å². The van der Waals surface area contributed by atoms with E-state index in [4.69, 9.17) is 4.74 Å². The number of aryl methyl sites for hydroxylation is 1. The summed E-state index contributed by atoms with van der Waals surface area (Å²) in [6.45, 7) is 3.49. The van der Waals surface area contributed by atoms with Crippen LogP contribution < -0.4 is 10.1 Å². The van der Waals surface area contributed by atoms with E-state index in [1.165, 1.54) is 5.56 Å². The van der Waals surface area contributed by atoms with Crippen LogP contribution in [0.25, 0.3) is 0 Å². The van der Waals surface area contributed by atoms with Gasteiger partial charge in [-0.15, -0.1) is 0 Å². The average molecular weight is 361 g/mol. The lowest BCUT2D eigenvalue weighted by Crippen LogP contribution is -2.44. The van der Waals surface area contributed by atoms with Crippen LogP contribution in [0.3, 0.4) is 0 Å². The molecular weight excluding hydrogens is 338 g/mol. The second-order valence-corrected chi connectivity index (χ2v) is 6.76. The number of carbonyl (C=O) groups is 1. The van der Waals surface area contributed by atoms with Gasteiger partial charge in [-0.1, -0.05) is 42.0 Å². The third kappa shape index (κ3) is 3.28. The van der Waals surface area contributed by atoms with E-state index in [-0.39, 0.29) is 12.1 Å². The van der Waals surface area contributed by atoms with Crippen molar-refractivity contribution >= 4 is 11.7 Å². The largest absolute Gasteiger partial charge is 0.495 e. The molecule has 1 atom stereocenters. The quantitative estimate of drug-likeness (QED) is 0.749. The maximum absolute atomic E-state index is 13.2. The minimum Gasteiger partial charge on any atom is -0.495 e. The molecule has 0 fully saturated rings. The average Bonchev–Trinajstić information content (AvgIpc) is 3.17. The highest BCUT2D eigenvalue weighted by molar-refractivity contribution is 5.91. The summed E-state index contributed by atoms with van der Waals surface area (Å²) in [5.74, 6) is 0.651. The van der Waals surface area contributed by atoms with E-state index >= 15 is 0 Å². The SMILES string of the molecule is COc1ccccc1NC(=O)N1CCn2cccc2[C@@H]1c1ccc(C)cc1. The molecule has 4 rings (SSSR count). The fourth-order valence-corrected chi connectivity index (χ4v) is 3.64. The van der Waals surface area contributed by atoms with E-state index in [1.807, 2.05) is 35.2 Å². The second-order valence-electron chi connectivity index (χ2n) is 6.76. The van der Waals surface area contributed by atoms with E-state index in [1.54, 1.807) is 7.11 Å². The maximum atomic E-state index is 13.2.